The maximum absolute atomic E-state index is 12.3. The van der Waals surface area contributed by atoms with Crippen molar-refractivity contribution in [3.05, 3.63) is 48.8 Å². The van der Waals surface area contributed by atoms with Crippen LogP contribution in [0.3, 0.4) is 0 Å². The topological polar surface area (TPSA) is 102 Å². The molecule has 0 atom stereocenters. The van der Waals surface area contributed by atoms with Crippen molar-refractivity contribution in [1.29, 1.82) is 0 Å². The highest BCUT2D eigenvalue weighted by Crippen LogP contribution is 2.23. The summed E-state index contributed by atoms with van der Waals surface area (Å²) >= 11 is 1.33. The molecule has 30 heavy (non-hydrogen) atoms. The van der Waals surface area contributed by atoms with Gasteiger partial charge in [0.05, 0.1) is 5.75 Å². The van der Waals surface area contributed by atoms with Gasteiger partial charge in [0.15, 0.2) is 11.0 Å². The zero-order valence-corrected chi connectivity index (χ0v) is 17.8. The summed E-state index contributed by atoms with van der Waals surface area (Å²) in [5.74, 6) is 0.780. The number of aromatic nitrogens is 4. The van der Waals surface area contributed by atoms with Gasteiger partial charge in [-0.25, -0.2) is 0 Å². The Morgan fingerprint density at radius 3 is 2.30 bits per heavy atom. The van der Waals surface area contributed by atoms with Crippen molar-refractivity contribution in [3.8, 4) is 11.4 Å². The number of carbonyl (C=O) groups excluding carboxylic acids is 2. The lowest BCUT2D eigenvalue weighted by Gasteiger charge is -2.09. The van der Waals surface area contributed by atoms with Crippen molar-refractivity contribution in [2.75, 3.05) is 16.4 Å². The van der Waals surface area contributed by atoms with Gasteiger partial charge >= 0.3 is 0 Å². The molecule has 8 nitrogen and oxygen atoms in total. The van der Waals surface area contributed by atoms with E-state index in [4.69, 9.17) is 0 Å². The molecule has 0 aliphatic carbocycles. The molecule has 2 amide bonds. The van der Waals surface area contributed by atoms with E-state index in [0.717, 1.165) is 17.8 Å². The van der Waals surface area contributed by atoms with Crippen molar-refractivity contribution < 1.29 is 9.59 Å². The smallest absolute Gasteiger partial charge is 0.234 e. The minimum atomic E-state index is -0.142. The molecule has 0 aliphatic rings. The molecule has 0 saturated carbocycles. The molecule has 3 rings (SSSR count). The van der Waals surface area contributed by atoms with Crippen molar-refractivity contribution in [2.45, 2.75) is 38.4 Å². The van der Waals surface area contributed by atoms with Gasteiger partial charge in [0.1, 0.15) is 0 Å². The third-order valence-corrected chi connectivity index (χ3v) is 5.18. The van der Waals surface area contributed by atoms with E-state index in [9.17, 15) is 9.59 Å². The third kappa shape index (κ3) is 5.66. The SMILES string of the molecule is CCCC(=O)Nc1ccc(NC(=O)CSc2nnc(-c3cccnc3)n2CC)cc1. The fraction of sp³-hybridized carbons (Fsp3) is 0.286. The maximum Gasteiger partial charge on any atom is 0.234 e. The first-order valence-electron chi connectivity index (χ1n) is 9.76. The summed E-state index contributed by atoms with van der Waals surface area (Å²) in [6, 6.07) is 10.8. The van der Waals surface area contributed by atoms with Gasteiger partial charge in [0.25, 0.3) is 0 Å². The Kier molecular flexibility index (Phi) is 7.56. The summed E-state index contributed by atoms with van der Waals surface area (Å²) in [6.07, 6.45) is 4.74. The number of pyridine rings is 1. The number of hydrogen-bond acceptors (Lipinski definition) is 6. The van der Waals surface area contributed by atoms with Gasteiger partial charge in [-0.3, -0.25) is 14.6 Å². The zero-order valence-electron chi connectivity index (χ0n) is 17.0. The van der Waals surface area contributed by atoms with Gasteiger partial charge in [0.2, 0.25) is 11.8 Å². The minimum absolute atomic E-state index is 0.0172. The van der Waals surface area contributed by atoms with E-state index < -0.39 is 0 Å². The average Bonchev–Trinajstić information content (AvgIpc) is 3.17. The lowest BCUT2D eigenvalue weighted by Crippen LogP contribution is -2.15. The number of rotatable bonds is 9. The second-order valence-corrected chi connectivity index (χ2v) is 7.45. The molecule has 3 aromatic rings. The average molecular weight is 425 g/mol. The fourth-order valence-electron chi connectivity index (χ4n) is 2.80. The lowest BCUT2D eigenvalue weighted by molar-refractivity contribution is -0.116. The van der Waals surface area contributed by atoms with Gasteiger partial charge in [-0.05, 0) is 49.7 Å². The molecule has 0 saturated heterocycles. The number of thioether (sulfide) groups is 1. The molecule has 2 N–H and O–H groups in total. The predicted octanol–water partition coefficient (Wildman–Crippen LogP) is 3.83. The number of amides is 2. The largest absolute Gasteiger partial charge is 0.326 e. The number of benzene rings is 1. The van der Waals surface area contributed by atoms with Gasteiger partial charge < -0.3 is 15.2 Å². The lowest BCUT2D eigenvalue weighted by atomic mass is 10.2. The Morgan fingerprint density at radius 2 is 1.70 bits per heavy atom. The van der Waals surface area contributed by atoms with Crippen LogP contribution >= 0.6 is 11.8 Å². The van der Waals surface area contributed by atoms with Gasteiger partial charge in [-0.2, -0.15) is 0 Å². The van der Waals surface area contributed by atoms with Crippen LogP contribution in [0.2, 0.25) is 0 Å². The Labute approximate surface area is 179 Å². The molecule has 0 radical (unpaired) electrons. The van der Waals surface area contributed by atoms with Crippen LogP contribution in [-0.2, 0) is 16.1 Å². The summed E-state index contributed by atoms with van der Waals surface area (Å²) in [4.78, 5) is 28.1. The summed E-state index contributed by atoms with van der Waals surface area (Å²) < 4.78 is 1.96. The van der Waals surface area contributed by atoms with E-state index in [1.807, 2.05) is 30.5 Å². The first kappa shape index (κ1) is 21.5. The molecule has 0 fully saturated rings. The van der Waals surface area contributed by atoms with E-state index in [1.165, 1.54) is 11.8 Å². The number of nitrogens with zero attached hydrogens (tertiary/aromatic N) is 4. The molecule has 0 bridgehead atoms. The molecule has 1 aromatic carbocycles. The Balaban J connectivity index is 1.56. The van der Waals surface area contributed by atoms with E-state index in [1.54, 1.807) is 36.7 Å². The van der Waals surface area contributed by atoms with E-state index >= 15 is 0 Å². The molecule has 9 heteroatoms. The molecule has 0 spiro atoms. The quantitative estimate of drug-likeness (QED) is 0.506. The van der Waals surface area contributed by atoms with Crippen LogP contribution in [0.15, 0.2) is 53.9 Å². The minimum Gasteiger partial charge on any atom is -0.326 e. The molecule has 2 aromatic heterocycles. The van der Waals surface area contributed by atoms with Crippen LogP contribution in [0.25, 0.3) is 11.4 Å². The van der Waals surface area contributed by atoms with Gasteiger partial charge in [-0.15, -0.1) is 10.2 Å². The third-order valence-electron chi connectivity index (χ3n) is 4.21. The van der Waals surface area contributed by atoms with Crippen molar-refractivity contribution in [3.63, 3.8) is 0 Å². The molecular formula is C21H24N6O2S. The highest BCUT2D eigenvalue weighted by atomic mass is 32.2. The number of carbonyl (C=O) groups is 2. The molecule has 156 valence electrons. The summed E-state index contributed by atoms with van der Waals surface area (Å²) in [5, 5.41) is 14.8. The fourth-order valence-corrected chi connectivity index (χ4v) is 3.61. The molecule has 0 aliphatic heterocycles. The highest BCUT2D eigenvalue weighted by molar-refractivity contribution is 7.99. The number of nitrogens with one attached hydrogen (secondary N) is 2. The van der Waals surface area contributed by atoms with Crippen LogP contribution < -0.4 is 10.6 Å². The van der Waals surface area contributed by atoms with Crippen LogP contribution in [0.5, 0.6) is 0 Å². The Bertz CT molecular complexity index is 988. The monoisotopic (exact) mass is 424 g/mol. The second kappa shape index (κ2) is 10.5. The van der Waals surface area contributed by atoms with Crippen LogP contribution in [0.4, 0.5) is 11.4 Å². The second-order valence-electron chi connectivity index (χ2n) is 6.50. The van der Waals surface area contributed by atoms with Gasteiger partial charge in [0, 0.05) is 42.3 Å². The first-order valence-corrected chi connectivity index (χ1v) is 10.8. The maximum atomic E-state index is 12.3. The van der Waals surface area contributed by atoms with Crippen molar-refractivity contribution in [2.24, 2.45) is 0 Å². The predicted molar refractivity (Wildman–Crippen MR) is 118 cm³/mol. The Hall–Kier alpha value is -3.20. The summed E-state index contributed by atoms with van der Waals surface area (Å²) in [7, 11) is 0. The zero-order chi connectivity index (χ0) is 21.3. The molecular weight excluding hydrogens is 400 g/mol. The first-order chi connectivity index (χ1) is 14.6. The Morgan fingerprint density at radius 1 is 1.00 bits per heavy atom. The van der Waals surface area contributed by atoms with Crippen LogP contribution in [0.1, 0.15) is 26.7 Å². The van der Waals surface area contributed by atoms with Crippen LogP contribution in [-0.4, -0.2) is 37.3 Å². The molecule has 2 heterocycles. The standard InChI is InChI=1S/C21H24N6O2S/c1-3-6-18(28)23-16-8-10-17(11-9-16)24-19(29)14-30-21-26-25-20(27(21)4-2)15-7-5-12-22-13-15/h5,7-13H,3-4,6,14H2,1-2H3,(H,23,28)(H,24,29). The van der Waals surface area contributed by atoms with Crippen molar-refractivity contribution >= 4 is 35.0 Å². The summed E-state index contributed by atoms with van der Waals surface area (Å²) in [5.41, 5.74) is 2.26. The number of anilines is 2. The van der Waals surface area contributed by atoms with Gasteiger partial charge in [-0.1, -0.05) is 18.7 Å². The molecule has 0 unspecified atom stereocenters. The van der Waals surface area contributed by atoms with Crippen molar-refractivity contribution in [1.82, 2.24) is 19.7 Å². The number of hydrogen-bond donors (Lipinski definition) is 2. The van der Waals surface area contributed by atoms with Crippen LogP contribution in [0, 0.1) is 0 Å². The normalized spacial score (nSPS) is 10.6. The summed E-state index contributed by atoms with van der Waals surface area (Å²) in [6.45, 7) is 4.65. The highest BCUT2D eigenvalue weighted by Gasteiger charge is 2.14. The van der Waals surface area contributed by atoms with E-state index in [0.29, 0.717) is 29.5 Å². The van der Waals surface area contributed by atoms with E-state index in [-0.39, 0.29) is 17.6 Å². The van der Waals surface area contributed by atoms with E-state index in [2.05, 4.69) is 25.8 Å².